The molecule has 0 saturated heterocycles. The van der Waals surface area contributed by atoms with Gasteiger partial charge in [0, 0.05) is 0 Å². The number of allylic oxidation sites excluding steroid dienone is 2. The molecule has 0 heterocycles. The molecule has 13 heavy (non-hydrogen) atoms. The molecule has 0 unspecified atom stereocenters. The van der Waals surface area contributed by atoms with Gasteiger partial charge in [-0.05, 0) is 21.4 Å². The summed E-state index contributed by atoms with van der Waals surface area (Å²) in [5, 5.41) is 37.0. The highest BCUT2D eigenvalue weighted by Crippen LogP contribution is 2.30. The van der Waals surface area contributed by atoms with Crippen molar-refractivity contribution in [1.82, 2.24) is 0 Å². The van der Waals surface area contributed by atoms with Crippen molar-refractivity contribution in [1.29, 1.82) is 0 Å². The molecule has 0 aliphatic heterocycles. The van der Waals surface area contributed by atoms with E-state index < -0.39 is 0 Å². The van der Waals surface area contributed by atoms with Gasteiger partial charge in [0.05, 0.1) is 10.9 Å². The fraction of sp³-hybridized carbons (Fsp3) is 0.143. The molecule has 4 nitrogen and oxygen atoms in total. The van der Waals surface area contributed by atoms with Gasteiger partial charge >= 0.3 is 0 Å². The maximum absolute atomic E-state index is 9.33. The molecule has 0 spiro atoms. The van der Waals surface area contributed by atoms with E-state index in [1.54, 1.807) is 0 Å². The van der Waals surface area contributed by atoms with Crippen molar-refractivity contribution in [2.45, 2.75) is 6.42 Å². The van der Waals surface area contributed by atoms with E-state index in [9.17, 15) is 20.4 Å². The van der Waals surface area contributed by atoms with Crippen LogP contribution < -0.4 is 0 Å². The van der Waals surface area contributed by atoms with Crippen LogP contribution in [0.15, 0.2) is 33.0 Å². The van der Waals surface area contributed by atoms with Crippen LogP contribution in [0.4, 0.5) is 0 Å². The van der Waals surface area contributed by atoms with Gasteiger partial charge in [-0.1, -0.05) is 0 Å². The van der Waals surface area contributed by atoms with Crippen LogP contribution in [-0.4, -0.2) is 28.3 Å². The summed E-state index contributed by atoms with van der Waals surface area (Å²) in [5.41, 5.74) is 0.277. The van der Waals surface area contributed by atoms with E-state index in [2.05, 4.69) is 15.9 Å². The quantitative estimate of drug-likeness (QED) is 0.486. The van der Waals surface area contributed by atoms with Gasteiger partial charge in [-0.25, -0.2) is 0 Å². The Bertz CT molecular complexity index is 310. The van der Waals surface area contributed by atoms with Crippen molar-refractivity contribution in [3.8, 4) is 0 Å². The van der Waals surface area contributed by atoms with Gasteiger partial charge in [0.2, 0.25) is 0 Å². The molecular formula is C7H8BBrO4. The fourth-order valence-corrected chi connectivity index (χ4v) is 1.37. The second-order valence-corrected chi connectivity index (χ2v) is 3.50. The minimum Gasteiger partial charge on any atom is -0.508 e. The lowest BCUT2D eigenvalue weighted by Crippen LogP contribution is -1.94. The van der Waals surface area contributed by atoms with Gasteiger partial charge < -0.3 is 20.4 Å². The first-order valence-electron chi connectivity index (χ1n) is 3.54. The van der Waals surface area contributed by atoms with E-state index >= 15 is 0 Å². The van der Waals surface area contributed by atoms with Crippen LogP contribution in [0.3, 0.4) is 0 Å². The molecule has 1 rings (SSSR count). The van der Waals surface area contributed by atoms with E-state index in [1.165, 1.54) is 7.85 Å². The summed E-state index contributed by atoms with van der Waals surface area (Å²) in [6, 6.07) is 0. The monoisotopic (exact) mass is 246 g/mol. The average Bonchev–Trinajstić information content (AvgIpc) is 2.15. The van der Waals surface area contributed by atoms with Gasteiger partial charge in [-0.3, -0.25) is 0 Å². The van der Waals surface area contributed by atoms with Crippen LogP contribution in [0.5, 0.6) is 0 Å². The summed E-state index contributed by atoms with van der Waals surface area (Å²) in [5.74, 6) is -1.45. The summed E-state index contributed by atoms with van der Waals surface area (Å²) >= 11 is 2.98. The summed E-state index contributed by atoms with van der Waals surface area (Å²) in [6.07, 6.45) is -0.274. The topological polar surface area (TPSA) is 80.9 Å². The highest BCUT2D eigenvalue weighted by atomic mass is 79.9. The summed E-state index contributed by atoms with van der Waals surface area (Å²) in [4.78, 5) is 0. The van der Waals surface area contributed by atoms with Crippen molar-refractivity contribution < 1.29 is 20.4 Å². The molecule has 0 atom stereocenters. The third kappa shape index (κ3) is 1.67. The number of hydrogen-bond donors (Lipinski definition) is 4. The molecule has 0 aromatic rings. The van der Waals surface area contributed by atoms with E-state index in [4.69, 9.17) is 0 Å². The lowest BCUT2D eigenvalue weighted by atomic mass is 9.93. The minimum absolute atomic E-state index is 0.173. The van der Waals surface area contributed by atoms with Crippen LogP contribution in [-0.2, 0) is 0 Å². The first-order valence-corrected chi connectivity index (χ1v) is 4.33. The Morgan fingerprint density at radius 2 is 1.46 bits per heavy atom. The molecule has 0 saturated carbocycles. The molecular weight excluding hydrogens is 239 g/mol. The number of hydrogen-bond acceptors (Lipinski definition) is 4. The number of rotatable bonds is 0. The predicted molar refractivity (Wildman–Crippen MR) is 53.7 cm³/mol. The Kier molecular flexibility index (Phi) is 2.61. The second kappa shape index (κ2) is 3.37. The van der Waals surface area contributed by atoms with Gasteiger partial charge in [-0.2, -0.15) is 0 Å². The maximum Gasteiger partial charge on any atom is 0.167 e. The Morgan fingerprint density at radius 3 is 2.00 bits per heavy atom. The Labute approximate surface area is 84.1 Å². The van der Waals surface area contributed by atoms with Gasteiger partial charge in [0.15, 0.2) is 5.76 Å². The summed E-state index contributed by atoms with van der Waals surface area (Å²) in [6.45, 7) is 0. The molecule has 70 valence electrons. The number of aliphatic hydroxyl groups excluding tert-OH is 4. The highest BCUT2D eigenvalue weighted by Gasteiger charge is 2.20. The molecule has 0 fully saturated rings. The van der Waals surface area contributed by atoms with Crippen molar-refractivity contribution in [2.24, 2.45) is 0 Å². The average molecular weight is 247 g/mol. The maximum atomic E-state index is 9.33. The van der Waals surface area contributed by atoms with Crippen LogP contribution in [0.1, 0.15) is 6.42 Å². The molecule has 0 aromatic heterocycles. The minimum atomic E-state index is -0.382. The highest BCUT2D eigenvalue weighted by molar-refractivity contribution is 9.12. The first kappa shape index (κ1) is 10.0. The Hall–Kier alpha value is -1.04. The largest absolute Gasteiger partial charge is 0.508 e. The number of halogens is 1. The summed E-state index contributed by atoms with van der Waals surface area (Å²) in [7, 11) is 1.50. The zero-order valence-electron chi connectivity index (χ0n) is 6.87. The first-order chi connectivity index (χ1) is 5.95. The summed E-state index contributed by atoms with van der Waals surface area (Å²) < 4.78 is 0.173. The third-order valence-corrected chi connectivity index (χ3v) is 2.74. The van der Waals surface area contributed by atoms with Crippen molar-refractivity contribution >= 4 is 23.8 Å². The van der Waals surface area contributed by atoms with E-state index in [0.717, 1.165) is 0 Å². The lowest BCUT2D eigenvalue weighted by molar-refractivity contribution is 0.288. The number of aliphatic hydroxyl groups is 4. The van der Waals surface area contributed by atoms with Crippen molar-refractivity contribution in [3.63, 3.8) is 0 Å². The predicted octanol–water partition coefficient (Wildman–Crippen LogP) is 1.28. The molecule has 1 aliphatic carbocycles. The van der Waals surface area contributed by atoms with Crippen molar-refractivity contribution in [2.75, 3.05) is 0 Å². The van der Waals surface area contributed by atoms with Crippen LogP contribution in [0.25, 0.3) is 0 Å². The zero-order chi connectivity index (χ0) is 10.2. The SMILES string of the molecule is BC1=C(Br)C(O)=C(O)CC(O)=C1O. The van der Waals surface area contributed by atoms with Gasteiger partial charge in [-0.15, -0.1) is 0 Å². The van der Waals surface area contributed by atoms with E-state index in [1.807, 2.05) is 0 Å². The van der Waals surface area contributed by atoms with Crippen LogP contribution >= 0.6 is 15.9 Å². The molecule has 4 N–H and O–H groups in total. The standard InChI is InChI=1S/C7H8BBrO4/c8-4-5(9)7(13)3(11)1-2(10)6(4)12/h10-13H,1,8H2. The smallest absolute Gasteiger partial charge is 0.167 e. The van der Waals surface area contributed by atoms with Crippen molar-refractivity contribution in [3.05, 3.63) is 33.0 Å². The molecule has 0 amide bonds. The van der Waals surface area contributed by atoms with E-state index in [0.29, 0.717) is 0 Å². The normalized spacial score (nSPS) is 19.5. The van der Waals surface area contributed by atoms with Crippen LogP contribution in [0, 0.1) is 0 Å². The molecule has 0 bridgehead atoms. The Balaban J connectivity index is 3.35. The van der Waals surface area contributed by atoms with Crippen LogP contribution in [0.2, 0.25) is 0 Å². The van der Waals surface area contributed by atoms with Gasteiger partial charge in [0.25, 0.3) is 0 Å². The fourth-order valence-electron chi connectivity index (χ4n) is 0.951. The molecule has 6 heteroatoms. The third-order valence-electron chi connectivity index (χ3n) is 1.77. The van der Waals surface area contributed by atoms with Gasteiger partial charge in [0.1, 0.15) is 25.1 Å². The molecule has 1 aliphatic rings. The lowest BCUT2D eigenvalue weighted by Gasteiger charge is -2.02. The van der Waals surface area contributed by atoms with E-state index in [-0.39, 0.29) is 39.4 Å². The zero-order valence-corrected chi connectivity index (χ0v) is 8.46. The molecule has 0 radical (unpaired) electrons. The Morgan fingerprint density at radius 1 is 1.00 bits per heavy atom. The second-order valence-electron chi connectivity index (χ2n) is 2.71. The molecule has 0 aromatic carbocycles.